The van der Waals surface area contributed by atoms with Crippen molar-refractivity contribution in [2.45, 2.75) is 19.4 Å². The van der Waals surface area contributed by atoms with E-state index in [1.54, 1.807) is 0 Å². The summed E-state index contributed by atoms with van der Waals surface area (Å²) in [5, 5.41) is 0.199. The first-order valence-electron chi connectivity index (χ1n) is 6.22. The second kappa shape index (κ2) is 4.21. The summed E-state index contributed by atoms with van der Waals surface area (Å²) in [6.07, 6.45) is 4.07. The van der Waals surface area contributed by atoms with Crippen LogP contribution in [0.4, 0.5) is 0 Å². The van der Waals surface area contributed by atoms with E-state index >= 15 is 0 Å². The van der Waals surface area contributed by atoms with Crippen LogP contribution in [0.25, 0.3) is 0 Å². The molecule has 0 aromatic carbocycles. The van der Waals surface area contributed by atoms with Gasteiger partial charge in [-0.05, 0) is 11.8 Å². The molecule has 5 aliphatic carbocycles. The lowest BCUT2D eigenvalue weighted by molar-refractivity contribution is -0.122. The lowest BCUT2D eigenvalue weighted by Gasteiger charge is -2.66. The summed E-state index contributed by atoms with van der Waals surface area (Å²) in [7, 11) is 0. The molecule has 2 saturated carbocycles. The first-order valence-corrected chi connectivity index (χ1v) is 9.57. The van der Waals surface area contributed by atoms with Gasteiger partial charge >= 0.3 is 0 Å². The Hall–Kier alpha value is 1.27. The Labute approximate surface area is 153 Å². The molecule has 108 valence electrons. The SMILES string of the molecule is O=C1C(Cl)=C(Cl)[C@]2(Cl)[C@H]3C=C[C@@H]([C@@H]4[C@H](Br)[C@H](Br)[C@@H]43)[C@@]12Cl. The molecule has 0 radical (unpaired) electrons. The second-order valence-electron chi connectivity index (χ2n) is 5.86. The standard InChI is InChI=1S/C13H8Br2Cl4O/c14-7-5-3-1-2-4(6(5)8(7)15)13(19)11(20)9(16)10(17)12(3,13)18/h1-8H/t3-,4-,5+,6-,7+,8-,12+,13+/m0/s1. The Morgan fingerprint density at radius 1 is 0.950 bits per heavy atom. The predicted molar refractivity (Wildman–Crippen MR) is 89.4 cm³/mol. The Morgan fingerprint density at radius 2 is 1.40 bits per heavy atom. The fraction of sp³-hybridized carbons (Fsp3) is 0.615. The van der Waals surface area contributed by atoms with Crippen LogP contribution in [0.5, 0.6) is 0 Å². The van der Waals surface area contributed by atoms with Crippen molar-refractivity contribution in [1.29, 1.82) is 0 Å². The molecule has 8 atom stereocenters. The van der Waals surface area contributed by atoms with E-state index in [0.717, 1.165) is 0 Å². The van der Waals surface area contributed by atoms with Crippen LogP contribution in [0.1, 0.15) is 0 Å². The molecule has 0 spiro atoms. The molecule has 0 amide bonds. The third-order valence-electron chi connectivity index (χ3n) is 5.33. The smallest absolute Gasteiger partial charge is 0.199 e. The monoisotopic (exact) mass is 478 g/mol. The highest BCUT2D eigenvalue weighted by atomic mass is 79.9. The van der Waals surface area contributed by atoms with Gasteiger partial charge in [0.15, 0.2) is 5.78 Å². The maximum Gasteiger partial charge on any atom is 0.199 e. The first kappa shape index (κ1) is 14.8. The highest BCUT2D eigenvalue weighted by Crippen LogP contribution is 2.73. The maximum absolute atomic E-state index is 12.6. The van der Waals surface area contributed by atoms with Gasteiger partial charge in [-0.3, -0.25) is 4.79 Å². The van der Waals surface area contributed by atoms with Crippen molar-refractivity contribution in [2.24, 2.45) is 23.7 Å². The van der Waals surface area contributed by atoms with Crippen LogP contribution in [0.3, 0.4) is 0 Å². The molecule has 0 aromatic rings. The van der Waals surface area contributed by atoms with Crippen molar-refractivity contribution in [3.63, 3.8) is 0 Å². The largest absolute Gasteiger partial charge is 0.291 e. The minimum atomic E-state index is -1.26. The quantitative estimate of drug-likeness (QED) is 0.359. The van der Waals surface area contributed by atoms with E-state index in [4.69, 9.17) is 46.4 Å². The maximum atomic E-state index is 12.6. The molecule has 1 nitrogen and oxygen atoms in total. The number of carbonyl (C=O) groups is 1. The average molecular weight is 482 g/mol. The van der Waals surface area contributed by atoms with Gasteiger partial charge in [-0.15, -0.1) is 23.2 Å². The van der Waals surface area contributed by atoms with E-state index < -0.39 is 9.75 Å². The average Bonchev–Trinajstić information content (AvgIpc) is 2.60. The number of ketones is 1. The van der Waals surface area contributed by atoms with Crippen LogP contribution in [0, 0.1) is 23.7 Å². The second-order valence-corrected chi connectivity index (χ2v) is 9.92. The number of alkyl halides is 4. The molecule has 7 heteroatoms. The Morgan fingerprint density at radius 3 is 1.90 bits per heavy atom. The van der Waals surface area contributed by atoms with Gasteiger partial charge in [0.2, 0.25) is 0 Å². The molecular weight excluding hydrogens is 474 g/mol. The highest BCUT2D eigenvalue weighted by molar-refractivity contribution is 9.12. The van der Waals surface area contributed by atoms with E-state index in [0.29, 0.717) is 10.7 Å². The fourth-order valence-corrected chi connectivity index (χ4v) is 8.33. The summed E-state index contributed by atoms with van der Waals surface area (Å²) >= 11 is 33.4. The van der Waals surface area contributed by atoms with Crippen molar-refractivity contribution >= 4 is 84.0 Å². The van der Waals surface area contributed by atoms with Crippen LogP contribution < -0.4 is 0 Å². The van der Waals surface area contributed by atoms with Gasteiger partial charge in [0.25, 0.3) is 0 Å². The molecule has 0 unspecified atom stereocenters. The van der Waals surface area contributed by atoms with Crippen LogP contribution >= 0.6 is 78.3 Å². The minimum absolute atomic E-state index is 0.00564. The zero-order valence-electron chi connectivity index (χ0n) is 9.79. The summed E-state index contributed by atoms with van der Waals surface area (Å²) in [4.78, 5) is 10.8. The van der Waals surface area contributed by atoms with Crippen LogP contribution in [0.15, 0.2) is 22.2 Å². The Kier molecular flexibility index (Phi) is 3.13. The third-order valence-corrected chi connectivity index (χ3v) is 11.0. The van der Waals surface area contributed by atoms with Gasteiger partial charge < -0.3 is 0 Å². The van der Waals surface area contributed by atoms with Crippen molar-refractivity contribution in [3.8, 4) is 0 Å². The number of hydrogen-bond donors (Lipinski definition) is 0. The van der Waals surface area contributed by atoms with Gasteiger partial charge in [-0.25, -0.2) is 0 Å². The normalized spacial score (nSPS) is 59.6. The van der Waals surface area contributed by atoms with Crippen LogP contribution in [0.2, 0.25) is 0 Å². The zero-order valence-corrected chi connectivity index (χ0v) is 16.0. The number of allylic oxidation sites excluding steroid dienone is 4. The van der Waals surface area contributed by atoms with Crippen LogP contribution in [-0.2, 0) is 4.79 Å². The molecule has 2 fully saturated rings. The van der Waals surface area contributed by atoms with Gasteiger partial charge in [-0.1, -0.05) is 67.2 Å². The Balaban J connectivity index is 1.96. The number of rotatable bonds is 0. The topological polar surface area (TPSA) is 17.1 Å². The van der Waals surface area contributed by atoms with Crippen molar-refractivity contribution in [1.82, 2.24) is 0 Å². The third kappa shape index (κ3) is 1.27. The molecule has 0 saturated heterocycles. The molecule has 5 rings (SSSR count). The summed E-state index contributed by atoms with van der Waals surface area (Å²) in [5.74, 6) is -0.0103. The number of hydrogen-bond acceptors (Lipinski definition) is 1. The zero-order chi connectivity index (χ0) is 14.6. The van der Waals surface area contributed by atoms with E-state index in [9.17, 15) is 4.79 Å². The van der Waals surface area contributed by atoms with E-state index in [2.05, 4.69) is 37.9 Å². The number of Topliss-reactive ketones (excluding diaryl/α,β-unsaturated/α-hetero) is 1. The lowest BCUT2D eigenvalue weighted by Crippen LogP contribution is -2.74. The fourth-order valence-electron chi connectivity index (χ4n) is 4.40. The van der Waals surface area contributed by atoms with Crippen molar-refractivity contribution in [3.05, 3.63) is 22.2 Å². The van der Waals surface area contributed by atoms with Crippen molar-refractivity contribution < 1.29 is 4.79 Å². The highest BCUT2D eigenvalue weighted by Gasteiger charge is 2.79. The Bertz CT molecular complexity index is 605. The van der Waals surface area contributed by atoms with Gasteiger partial charge in [0.1, 0.15) is 14.8 Å². The molecular formula is C13H8Br2Cl4O. The van der Waals surface area contributed by atoms with E-state index in [1.165, 1.54) is 0 Å². The number of carbonyl (C=O) groups excluding carboxylic acids is 1. The minimum Gasteiger partial charge on any atom is -0.291 e. The van der Waals surface area contributed by atoms with Gasteiger partial charge in [0, 0.05) is 21.5 Å². The van der Waals surface area contributed by atoms with Gasteiger partial charge in [0.05, 0.1) is 5.03 Å². The summed E-state index contributed by atoms with van der Waals surface area (Å²) < 4.78 is 0. The summed E-state index contributed by atoms with van der Waals surface area (Å²) in [6, 6.07) is 0. The summed E-state index contributed by atoms with van der Waals surface area (Å²) in [6.45, 7) is 0. The molecule has 0 aromatic heterocycles. The van der Waals surface area contributed by atoms with Crippen LogP contribution in [-0.4, -0.2) is 25.2 Å². The van der Waals surface area contributed by atoms with E-state index in [1.807, 2.05) is 6.08 Å². The molecule has 2 bridgehead atoms. The summed E-state index contributed by atoms with van der Waals surface area (Å²) in [5.41, 5.74) is 0. The number of halogens is 6. The van der Waals surface area contributed by atoms with E-state index in [-0.39, 0.29) is 38.4 Å². The first-order chi connectivity index (χ1) is 9.27. The van der Waals surface area contributed by atoms with Gasteiger partial charge in [-0.2, -0.15) is 0 Å². The molecule has 0 N–H and O–H groups in total. The molecule has 0 heterocycles. The van der Waals surface area contributed by atoms with Crippen molar-refractivity contribution in [2.75, 3.05) is 0 Å². The molecule has 0 aliphatic heterocycles. The lowest BCUT2D eigenvalue weighted by atomic mass is 9.46. The molecule has 5 aliphatic rings. The predicted octanol–water partition coefficient (Wildman–Crippen LogP) is 4.80. The molecule has 20 heavy (non-hydrogen) atoms.